The van der Waals surface area contributed by atoms with E-state index in [-0.39, 0.29) is 5.91 Å². The van der Waals surface area contributed by atoms with Crippen molar-refractivity contribution in [2.24, 2.45) is 5.73 Å². The van der Waals surface area contributed by atoms with Gasteiger partial charge in [-0.15, -0.1) is 0 Å². The number of ether oxygens (including phenoxy) is 1. The lowest BCUT2D eigenvalue weighted by molar-refractivity contribution is -0.123. The zero-order valence-corrected chi connectivity index (χ0v) is 12.5. The molecule has 0 aliphatic heterocycles. The Morgan fingerprint density at radius 3 is 2.76 bits per heavy atom. The second kappa shape index (κ2) is 8.84. The molecule has 6 heteroatoms. The Hall–Kier alpha value is -2.24. The summed E-state index contributed by atoms with van der Waals surface area (Å²) in [4.78, 5) is 23.0. The minimum Gasteiger partial charge on any atom is -0.497 e. The predicted octanol–water partition coefficient (Wildman–Crippen LogP) is 1.54. The van der Waals surface area contributed by atoms with Crippen LogP contribution in [0.1, 0.15) is 31.7 Å². The molecule has 0 radical (unpaired) electrons. The molecule has 21 heavy (non-hydrogen) atoms. The third-order valence-corrected chi connectivity index (χ3v) is 3.08. The molecule has 0 fully saturated rings. The number of urea groups is 1. The van der Waals surface area contributed by atoms with Crippen molar-refractivity contribution in [2.45, 2.75) is 38.8 Å². The number of amides is 3. The van der Waals surface area contributed by atoms with Crippen LogP contribution in [0.2, 0.25) is 0 Å². The van der Waals surface area contributed by atoms with Crippen LogP contribution in [-0.2, 0) is 11.3 Å². The van der Waals surface area contributed by atoms with Gasteiger partial charge in [-0.2, -0.15) is 0 Å². The van der Waals surface area contributed by atoms with E-state index >= 15 is 0 Å². The summed E-state index contributed by atoms with van der Waals surface area (Å²) in [6, 6.07) is 6.16. The molecule has 0 saturated carbocycles. The summed E-state index contributed by atoms with van der Waals surface area (Å²) in [7, 11) is 1.59. The van der Waals surface area contributed by atoms with E-state index in [9.17, 15) is 9.59 Å². The predicted molar refractivity (Wildman–Crippen MR) is 80.9 cm³/mol. The molecule has 0 aliphatic carbocycles. The van der Waals surface area contributed by atoms with Gasteiger partial charge in [-0.1, -0.05) is 31.9 Å². The van der Waals surface area contributed by atoms with Crippen LogP contribution >= 0.6 is 0 Å². The third kappa shape index (κ3) is 6.16. The molecule has 1 aromatic carbocycles. The van der Waals surface area contributed by atoms with Crippen LogP contribution in [0.4, 0.5) is 4.79 Å². The molecule has 0 heterocycles. The molecule has 0 aliphatic rings. The van der Waals surface area contributed by atoms with Gasteiger partial charge >= 0.3 is 6.03 Å². The van der Waals surface area contributed by atoms with Crippen LogP contribution in [0, 0.1) is 0 Å². The van der Waals surface area contributed by atoms with E-state index in [0.717, 1.165) is 24.2 Å². The smallest absolute Gasteiger partial charge is 0.312 e. The molecule has 0 saturated heterocycles. The van der Waals surface area contributed by atoms with Gasteiger partial charge in [0.1, 0.15) is 11.8 Å². The van der Waals surface area contributed by atoms with Crippen LogP contribution < -0.4 is 21.1 Å². The van der Waals surface area contributed by atoms with Gasteiger partial charge in [-0.3, -0.25) is 4.79 Å². The summed E-state index contributed by atoms with van der Waals surface area (Å²) >= 11 is 0. The molecule has 0 aromatic heterocycles. The first-order chi connectivity index (χ1) is 10.1. The van der Waals surface area contributed by atoms with Gasteiger partial charge in [0.2, 0.25) is 5.91 Å². The highest BCUT2D eigenvalue weighted by Gasteiger charge is 2.18. The zero-order valence-electron chi connectivity index (χ0n) is 12.5. The van der Waals surface area contributed by atoms with E-state index in [0.29, 0.717) is 13.0 Å². The minimum atomic E-state index is -0.687. The van der Waals surface area contributed by atoms with Crippen molar-refractivity contribution in [3.63, 3.8) is 0 Å². The van der Waals surface area contributed by atoms with Crippen LogP contribution in [0.15, 0.2) is 24.3 Å². The topological polar surface area (TPSA) is 93.5 Å². The van der Waals surface area contributed by atoms with E-state index in [1.807, 2.05) is 31.2 Å². The SMILES string of the molecule is CCCC[C@H](NC(N)=O)C(=O)NCc1cccc(OC)c1. The fourth-order valence-corrected chi connectivity index (χ4v) is 1.94. The number of hydrogen-bond acceptors (Lipinski definition) is 3. The van der Waals surface area contributed by atoms with Gasteiger partial charge in [-0.25, -0.2) is 4.79 Å². The highest BCUT2D eigenvalue weighted by atomic mass is 16.5. The second-order valence-corrected chi connectivity index (χ2v) is 4.77. The van der Waals surface area contributed by atoms with E-state index in [1.54, 1.807) is 7.11 Å². The average Bonchev–Trinajstić information content (AvgIpc) is 2.48. The molecule has 0 unspecified atom stereocenters. The molecule has 0 spiro atoms. The lowest BCUT2D eigenvalue weighted by atomic mass is 10.1. The first kappa shape index (κ1) is 16.8. The Morgan fingerprint density at radius 1 is 1.38 bits per heavy atom. The van der Waals surface area contributed by atoms with E-state index in [1.165, 1.54) is 0 Å². The normalized spacial score (nSPS) is 11.5. The maximum Gasteiger partial charge on any atom is 0.312 e. The van der Waals surface area contributed by atoms with Crippen molar-refractivity contribution in [3.05, 3.63) is 29.8 Å². The van der Waals surface area contributed by atoms with Crippen LogP contribution in [-0.4, -0.2) is 25.1 Å². The van der Waals surface area contributed by atoms with Crippen LogP contribution in [0.5, 0.6) is 5.75 Å². The summed E-state index contributed by atoms with van der Waals surface area (Å²) in [5, 5.41) is 5.28. The molecule has 1 aromatic rings. The van der Waals surface area contributed by atoms with Crippen molar-refractivity contribution in [1.29, 1.82) is 0 Å². The van der Waals surface area contributed by atoms with Crippen molar-refractivity contribution >= 4 is 11.9 Å². The number of rotatable bonds is 8. The van der Waals surface area contributed by atoms with Gasteiger partial charge in [0.25, 0.3) is 0 Å². The number of nitrogens with two attached hydrogens (primary N) is 1. The first-order valence-electron chi connectivity index (χ1n) is 7.03. The molecular formula is C15H23N3O3. The number of hydrogen-bond donors (Lipinski definition) is 3. The fourth-order valence-electron chi connectivity index (χ4n) is 1.94. The number of carbonyl (C=O) groups excluding carboxylic acids is 2. The monoisotopic (exact) mass is 293 g/mol. The number of unbranched alkanes of at least 4 members (excludes halogenated alkanes) is 1. The van der Waals surface area contributed by atoms with Gasteiger partial charge in [0.05, 0.1) is 7.11 Å². The molecule has 6 nitrogen and oxygen atoms in total. The van der Waals surface area contributed by atoms with Gasteiger partial charge in [0.15, 0.2) is 0 Å². The Balaban J connectivity index is 2.57. The summed E-state index contributed by atoms with van der Waals surface area (Å²) in [5.74, 6) is 0.504. The van der Waals surface area contributed by atoms with Crippen molar-refractivity contribution in [1.82, 2.24) is 10.6 Å². The number of primary amides is 1. The molecule has 0 bridgehead atoms. The number of methoxy groups -OCH3 is 1. The highest BCUT2D eigenvalue weighted by Crippen LogP contribution is 2.12. The molecule has 1 atom stereocenters. The maximum absolute atomic E-state index is 12.1. The Morgan fingerprint density at radius 2 is 2.14 bits per heavy atom. The van der Waals surface area contributed by atoms with Crippen LogP contribution in [0.3, 0.4) is 0 Å². The lowest BCUT2D eigenvalue weighted by Crippen LogP contribution is -2.48. The summed E-state index contributed by atoms with van der Waals surface area (Å²) in [6.07, 6.45) is 2.36. The van der Waals surface area contributed by atoms with E-state index in [4.69, 9.17) is 10.5 Å². The number of nitrogens with one attached hydrogen (secondary N) is 2. The highest BCUT2D eigenvalue weighted by molar-refractivity contribution is 5.86. The van der Waals surface area contributed by atoms with Crippen molar-refractivity contribution in [3.8, 4) is 5.75 Å². The molecule has 1 rings (SSSR count). The molecule has 4 N–H and O–H groups in total. The van der Waals surface area contributed by atoms with Crippen LogP contribution in [0.25, 0.3) is 0 Å². The third-order valence-electron chi connectivity index (χ3n) is 3.08. The van der Waals surface area contributed by atoms with Crippen molar-refractivity contribution < 1.29 is 14.3 Å². The largest absolute Gasteiger partial charge is 0.497 e. The molecule has 116 valence electrons. The average molecular weight is 293 g/mol. The molecular weight excluding hydrogens is 270 g/mol. The van der Waals surface area contributed by atoms with Crippen molar-refractivity contribution in [2.75, 3.05) is 7.11 Å². The quantitative estimate of drug-likeness (QED) is 0.678. The maximum atomic E-state index is 12.1. The fraction of sp³-hybridized carbons (Fsp3) is 0.467. The lowest BCUT2D eigenvalue weighted by Gasteiger charge is -2.17. The summed E-state index contributed by atoms with van der Waals surface area (Å²) in [5.41, 5.74) is 6.03. The van der Waals surface area contributed by atoms with E-state index < -0.39 is 12.1 Å². The first-order valence-corrected chi connectivity index (χ1v) is 7.03. The van der Waals surface area contributed by atoms with Gasteiger partial charge in [0, 0.05) is 6.54 Å². The Labute approximate surface area is 125 Å². The van der Waals surface area contributed by atoms with Gasteiger partial charge in [-0.05, 0) is 24.1 Å². The zero-order chi connectivity index (χ0) is 15.7. The Bertz CT molecular complexity index is 477. The van der Waals surface area contributed by atoms with Gasteiger partial charge < -0.3 is 21.1 Å². The number of carbonyl (C=O) groups is 2. The Kier molecular flexibility index (Phi) is 7.08. The minimum absolute atomic E-state index is 0.231. The van der Waals surface area contributed by atoms with E-state index in [2.05, 4.69) is 10.6 Å². The summed E-state index contributed by atoms with van der Waals surface area (Å²) in [6.45, 7) is 2.40. The second-order valence-electron chi connectivity index (χ2n) is 4.77. The molecule has 3 amide bonds. The summed E-state index contributed by atoms with van der Waals surface area (Å²) < 4.78 is 5.13. The standard InChI is InChI=1S/C15H23N3O3/c1-3-4-8-13(18-15(16)20)14(19)17-10-11-6-5-7-12(9-11)21-2/h5-7,9,13H,3-4,8,10H2,1-2H3,(H,17,19)(H3,16,18,20)/t13-/m0/s1. The number of benzene rings is 1.